The highest BCUT2D eigenvalue weighted by atomic mass is 35.5. The summed E-state index contributed by atoms with van der Waals surface area (Å²) < 4.78 is 0.777. The van der Waals surface area contributed by atoms with Gasteiger partial charge in [-0.1, -0.05) is 23.2 Å². The van der Waals surface area contributed by atoms with Crippen molar-refractivity contribution in [3.63, 3.8) is 0 Å². The zero-order valence-corrected chi connectivity index (χ0v) is 13.5. The average molecular weight is 323 g/mol. The number of likely N-dealkylation sites (N-methyl/N-ethyl adjacent to an activating group) is 1. The molecule has 4 nitrogen and oxygen atoms in total. The quantitative estimate of drug-likeness (QED) is 0.929. The maximum absolute atomic E-state index is 12.1. The summed E-state index contributed by atoms with van der Waals surface area (Å²) in [6.07, 6.45) is 0. The van der Waals surface area contributed by atoms with Gasteiger partial charge in [0.1, 0.15) is 4.34 Å². The van der Waals surface area contributed by atoms with Gasteiger partial charge in [0.2, 0.25) is 5.91 Å². The number of carbonyl (C=O) groups excluding carboxylic acids is 2. The van der Waals surface area contributed by atoms with Crippen LogP contribution in [0.3, 0.4) is 0 Å². The third-order valence-electron chi connectivity index (χ3n) is 2.13. The van der Waals surface area contributed by atoms with Gasteiger partial charge in [0.15, 0.2) is 0 Å². The first-order valence-corrected chi connectivity index (χ1v) is 7.18. The Morgan fingerprint density at radius 2 is 1.95 bits per heavy atom. The summed E-state index contributed by atoms with van der Waals surface area (Å²) in [6.45, 7) is 5.60. The molecule has 7 heteroatoms. The summed E-state index contributed by atoms with van der Waals surface area (Å²) in [7, 11) is 1.55. The van der Waals surface area contributed by atoms with Gasteiger partial charge in [0.05, 0.1) is 16.4 Å². The van der Waals surface area contributed by atoms with E-state index in [0.717, 1.165) is 11.3 Å². The maximum Gasteiger partial charge on any atom is 0.256 e. The predicted octanol–water partition coefficient (Wildman–Crippen LogP) is 3.04. The van der Waals surface area contributed by atoms with Crippen LogP contribution in [0, 0.1) is 0 Å². The Hall–Kier alpha value is -0.780. The summed E-state index contributed by atoms with van der Waals surface area (Å²) in [5.41, 5.74) is -0.00709. The summed E-state index contributed by atoms with van der Waals surface area (Å²) in [4.78, 5) is 25.1. The van der Waals surface area contributed by atoms with Crippen molar-refractivity contribution >= 4 is 46.4 Å². The number of rotatable bonds is 3. The third-order valence-corrected chi connectivity index (χ3v) is 3.62. The van der Waals surface area contributed by atoms with Gasteiger partial charge in [-0.25, -0.2) is 0 Å². The molecular formula is C12H16Cl2N2O2S. The number of halogens is 2. The van der Waals surface area contributed by atoms with E-state index in [-0.39, 0.29) is 23.9 Å². The van der Waals surface area contributed by atoms with Crippen molar-refractivity contribution in [2.75, 3.05) is 13.6 Å². The van der Waals surface area contributed by atoms with Crippen LogP contribution in [0.25, 0.3) is 0 Å². The SMILES string of the molecule is CN(CC(=O)NC(C)(C)C)C(=O)c1cc(Cl)sc1Cl. The summed E-state index contributed by atoms with van der Waals surface area (Å²) in [5, 5.41) is 2.79. The zero-order valence-electron chi connectivity index (χ0n) is 11.2. The highest BCUT2D eigenvalue weighted by Crippen LogP contribution is 2.31. The first kappa shape index (κ1) is 16.3. The van der Waals surface area contributed by atoms with Crippen molar-refractivity contribution in [2.45, 2.75) is 26.3 Å². The molecule has 0 radical (unpaired) electrons. The van der Waals surface area contributed by atoms with E-state index in [0.29, 0.717) is 14.2 Å². The van der Waals surface area contributed by atoms with Crippen molar-refractivity contribution < 1.29 is 9.59 Å². The van der Waals surface area contributed by atoms with Crippen LogP contribution in [0.5, 0.6) is 0 Å². The Morgan fingerprint density at radius 3 is 2.37 bits per heavy atom. The van der Waals surface area contributed by atoms with Crippen LogP contribution < -0.4 is 5.32 Å². The molecule has 0 aliphatic heterocycles. The molecule has 0 saturated heterocycles. The number of nitrogens with zero attached hydrogens (tertiary/aromatic N) is 1. The second kappa shape index (κ2) is 6.11. The van der Waals surface area contributed by atoms with Crippen LogP contribution in [-0.2, 0) is 4.79 Å². The highest BCUT2D eigenvalue weighted by Gasteiger charge is 2.21. The topological polar surface area (TPSA) is 49.4 Å². The standard InChI is InChI=1S/C12H16Cl2N2O2S/c1-12(2,3)15-9(17)6-16(4)11(18)7-5-8(13)19-10(7)14/h5H,6H2,1-4H3,(H,15,17). The number of hydrogen-bond donors (Lipinski definition) is 1. The van der Waals surface area contributed by atoms with E-state index in [9.17, 15) is 9.59 Å². The monoisotopic (exact) mass is 322 g/mol. The minimum Gasteiger partial charge on any atom is -0.350 e. The van der Waals surface area contributed by atoms with E-state index in [1.807, 2.05) is 20.8 Å². The average Bonchev–Trinajstić information content (AvgIpc) is 2.53. The third kappa shape index (κ3) is 5.01. The van der Waals surface area contributed by atoms with Crippen LogP contribution >= 0.6 is 34.5 Å². The van der Waals surface area contributed by atoms with Gasteiger partial charge in [-0.15, -0.1) is 11.3 Å². The van der Waals surface area contributed by atoms with E-state index in [2.05, 4.69) is 5.32 Å². The van der Waals surface area contributed by atoms with E-state index in [1.54, 1.807) is 7.05 Å². The number of carbonyl (C=O) groups is 2. The second-order valence-corrected chi connectivity index (χ2v) is 7.48. The molecule has 19 heavy (non-hydrogen) atoms. The van der Waals surface area contributed by atoms with Crippen molar-refractivity contribution in [1.29, 1.82) is 0 Å². The Kier molecular flexibility index (Phi) is 5.24. The van der Waals surface area contributed by atoms with E-state index >= 15 is 0 Å². The molecular weight excluding hydrogens is 307 g/mol. The Balaban J connectivity index is 2.68. The molecule has 0 aliphatic rings. The van der Waals surface area contributed by atoms with Gasteiger partial charge in [-0.05, 0) is 26.8 Å². The Morgan fingerprint density at radius 1 is 1.37 bits per heavy atom. The molecule has 0 bridgehead atoms. The maximum atomic E-state index is 12.1. The smallest absolute Gasteiger partial charge is 0.256 e. The van der Waals surface area contributed by atoms with Gasteiger partial charge in [-0.3, -0.25) is 9.59 Å². The van der Waals surface area contributed by atoms with E-state index in [1.165, 1.54) is 11.0 Å². The molecule has 1 aromatic heterocycles. The lowest BCUT2D eigenvalue weighted by Crippen LogP contribution is -2.46. The fraction of sp³-hybridized carbons (Fsp3) is 0.500. The molecule has 1 N–H and O–H groups in total. The fourth-order valence-corrected chi connectivity index (χ4v) is 2.88. The van der Waals surface area contributed by atoms with Crippen LogP contribution in [0.1, 0.15) is 31.1 Å². The van der Waals surface area contributed by atoms with Crippen molar-refractivity contribution in [3.8, 4) is 0 Å². The zero-order chi connectivity index (χ0) is 14.8. The van der Waals surface area contributed by atoms with Crippen LogP contribution in [0.15, 0.2) is 6.07 Å². The number of amides is 2. The highest BCUT2D eigenvalue weighted by molar-refractivity contribution is 7.20. The summed E-state index contributed by atoms with van der Waals surface area (Å²) >= 11 is 12.8. The largest absolute Gasteiger partial charge is 0.350 e. The van der Waals surface area contributed by atoms with Gasteiger partial charge in [0, 0.05) is 12.6 Å². The first-order valence-electron chi connectivity index (χ1n) is 5.61. The van der Waals surface area contributed by atoms with Gasteiger partial charge in [0.25, 0.3) is 5.91 Å². The minimum atomic E-state index is -0.329. The molecule has 0 aliphatic carbocycles. The number of nitrogens with one attached hydrogen (secondary N) is 1. The normalized spacial score (nSPS) is 11.3. The van der Waals surface area contributed by atoms with Crippen molar-refractivity contribution in [2.24, 2.45) is 0 Å². The summed E-state index contributed by atoms with van der Waals surface area (Å²) in [6, 6.07) is 1.51. The predicted molar refractivity (Wildman–Crippen MR) is 79.2 cm³/mol. The van der Waals surface area contributed by atoms with Gasteiger partial charge < -0.3 is 10.2 Å². The lowest BCUT2D eigenvalue weighted by molar-refractivity contribution is -0.122. The van der Waals surface area contributed by atoms with E-state index < -0.39 is 0 Å². The Labute approximate surface area is 126 Å². The van der Waals surface area contributed by atoms with Gasteiger partial charge in [-0.2, -0.15) is 0 Å². The first-order chi connectivity index (χ1) is 8.60. The molecule has 1 heterocycles. The molecule has 0 saturated carbocycles. The van der Waals surface area contributed by atoms with Crippen LogP contribution in [-0.4, -0.2) is 35.8 Å². The molecule has 106 valence electrons. The summed E-state index contributed by atoms with van der Waals surface area (Å²) in [5.74, 6) is -0.544. The van der Waals surface area contributed by atoms with E-state index in [4.69, 9.17) is 23.2 Å². The van der Waals surface area contributed by atoms with Crippen LogP contribution in [0.4, 0.5) is 0 Å². The lowest BCUT2D eigenvalue weighted by atomic mass is 10.1. The lowest BCUT2D eigenvalue weighted by Gasteiger charge is -2.23. The number of thiophene rings is 1. The molecule has 1 aromatic rings. The minimum absolute atomic E-state index is 0.0279. The van der Waals surface area contributed by atoms with Gasteiger partial charge >= 0.3 is 0 Å². The molecule has 0 fully saturated rings. The fourth-order valence-electron chi connectivity index (χ4n) is 1.44. The molecule has 1 rings (SSSR count). The molecule has 0 unspecified atom stereocenters. The molecule has 2 amide bonds. The second-order valence-electron chi connectivity index (χ2n) is 5.20. The molecule has 0 spiro atoms. The molecule has 0 aromatic carbocycles. The number of hydrogen-bond acceptors (Lipinski definition) is 3. The van der Waals surface area contributed by atoms with Crippen molar-refractivity contribution in [1.82, 2.24) is 10.2 Å². The Bertz CT molecular complexity index is 494. The van der Waals surface area contributed by atoms with Crippen molar-refractivity contribution in [3.05, 3.63) is 20.3 Å². The van der Waals surface area contributed by atoms with Crippen LogP contribution in [0.2, 0.25) is 8.67 Å². The molecule has 0 atom stereocenters.